The lowest BCUT2D eigenvalue weighted by molar-refractivity contribution is -0.384. The van der Waals surface area contributed by atoms with Crippen molar-refractivity contribution in [2.24, 2.45) is 0 Å². The molecule has 3 rings (SSSR count). The Morgan fingerprint density at radius 2 is 1.95 bits per heavy atom. The van der Waals surface area contributed by atoms with E-state index in [0.717, 1.165) is 16.8 Å². The minimum absolute atomic E-state index is 0.0189. The molecule has 2 aromatic carbocycles. The fourth-order valence-electron chi connectivity index (χ4n) is 2.45. The Morgan fingerprint density at radius 3 is 2.64 bits per heavy atom. The first-order valence-corrected chi connectivity index (χ1v) is 7.86. The van der Waals surface area contributed by atoms with Crippen molar-refractivity contribution in [2.45, 2.75) is 12.3 Å². The first kappa shape index (κ1) is 14.6. The van der Waals surface area contributed by atoms with Crippen LogP contribution in [0.2, 0.25) is 0 Å². The molecule has 1 atom stereocenters. The monoisotopic (exact) mass is 314 g/mol. The molecule has 1 fully saturated rings. The van der Waals surface area contributed by atoms with Gasteiger partial charge in [-0.3, -0.25) is 19.8 Å². The van der Waals surface area contributed by atoms with E-state index in [4.69, 9.17) is 0 Å². The van der Waals surface area contributed by atoms with Gasteiger partial charge in [0, 0.05) is 17.8 Å². The van der Waals surface area contributed by atoms with Crippen LogP contribution in [0.4, 0.5) is 11.4 Å². The van der Waals surface area contributed by atoms with Crippen molar-refractivity contribution < 1.29 is 9.72 Å². The van der Waals surface area contributed by atoms with Crippen LogP contribution in [0.3, 0.4) is 0 Å². The van der Waals surface area contributed by atoms with Gasteiger partial charge in [-0.1, -0.05) is 29.8 Å². The Morgan fingerprint density at radius 1 is 1.23 bits per heavy atom. The number of amides is 1. The van der Waals surface area contributed by atoms with Crippen LogP contribution in [-0.2, 0) is 4.79 Å². The summed E-state index contributed by atoms with van der Waals surface area (Å²) in [4.78, 5) is 24.5. The van der Waals surface area contributed by atoms with Gasteiger partial charge in [0.05, 0.1) is 10.7 Å². The van der Waals surface area contributed by atoms with Gasteiger partial charge in [-0.05, 0) is 24.6 Å². The van der Waals surface area contributed by atoms with Crippen molar-refractivity contribution in [1.82, 2.24) is 0 Å². The number of hydrogen-bond donors (Lipinski definition) is 0. The lowest BCUT2D eigenvalue weighted by atomic mass is 10.1. The normalized spacial score (nSPS) is 17.8. The topological polar surface area (TPSA) is 63.5 Å². The fraction of sp³-hybridized carbons (Fsp3) is 0.188. The van der Waals surface area contributed by atoms with Gasteiger partial charge in [0.15, 0.2) is 0 Å². The summed E-state index contributed by atoms with van der Waals surface area (Å²) in [6.07, 6.45) is 0. The van der Waals surface area contributed by atoms with Crippen LogP contribution >= 0.6 is 11.8 Å². The maximum atomic E-state index is 12.2. The first-order chi connectivity index (χ1) is 10.6. The number of aryl methyl sites for hydroxylation is 1. The van der Waals surface area contributed by atoms with Crippen molar-refractivity contribution in [2.75, 3.05) is 10.7 Å². The summed E-state index contributed by atoms with van der Waals surface area (Å²) in [5.74, 6) is 0.395. The molecule has 1 unspecified atom stereocenters. The molecular weight excluding hydrogens is 300 g/mol. The highest BCUT2D eigenvalue weighted by atomic mass is 32.2. The van der Waals surface area contributed by atoms with Crippen LogP contribution in [0.1, 0.15) is 16.5 Å². The molecule has 2 aromatic rings. The van der Waals surface area contributed by atoms with Crippen molar-refractivity contribution in [1.29, 1.82) is 0 Å². The molecule has 1 heterocycles. The average Bonchev–Trinajstić information content (AvgIpc) is 2.90. The van der Waals surface area contributed by atoms with Gasteiger partial charge in [-0.25, -0.2) is 0 Å². The van der Waals surface area contributed by atoms with Crippen LogP contribution in [0, 0.1) is 17.0 Å². The molecule has 1 aliphatic rings. The zero-order chi connectivity index (χ0) is 15.7. The van der Waals surface area contributed by atoms with Gasteiger partial charge in [-0.15, -0.1) is 11.8 Å². The number of carbonyl (C=O) groups excluding carboxylic acids is 1. The second-order valence-corrected chi connectivity index (χ2v) is 6.18. The van der Waals surface area contributed by atoms with E-state index < -0.39 is 4.92 Å². The van der Waals surface area contributed by atoms with E-state index in [0.29, 0.717) is 5.75 Å². The van der Waals surface area contributed by atoms with Gasteiger partial charge < -0.3 is 0 Å². The summed E-state index contributed by atoms with van der Waals surface area (Å²) in [7, 11) is 0. The number of thioether (sulfide) groups is 1. The summed E-state index contributed by atoms with van der Waals surface area (Å²) >= 11 is 1.48. The third kappa shape index (κ3) is 2.69. The van der Waals surface area contributed by atoms with Gasteiger partial charge in [0.25, 0.3) is 5.69 Å². The number of anilines is 1. The van der Waals surface area contributed by atoms with E-state index in [2.05, 4.69) is 0 Å². The Balaban J connectivity index is 1.98. The Bertz CT molecular complexity index is 730. The van der Waals surface area contributed by atoms with Crippen LogP contribution in [-0.4, -0.2) is 16.6 Å². The van der Waals surface area contributed by atoms with Gasteiger partial charge in [-0.2, -0.15) is 0 Å². The molecule has 0 bridgehead atoms. The molecule has 1 aliphatic heterocycles. The highest BCUT2D eigenvalue weighted by molar-refractivity contribution is 8.00. The van der Waals surface area contributed by atoms with Crippen molar-refractivity contribution >= 4 is 29.0 Å². The minimum atomic E-state index is -0.416. The lowest BCUT2D eigenvalue weighted by Crippen LogP contribution is -2.27. The van der Waals surface area contributed by atoms with Crippen molar-refractivity contribution in [3.8, 4) is 0 Å². The molecule has 6 heteroatoms. The van der Waals surface area contributed by atoms with Crippen LogP contribution in [0.25, 0.3) is 0 Å². The summed E-state index contributed by atoms with van der Waals surface area (Å²) in [5, 5.41) is 10.7. The van der Waals surface area contributed by atoms with Crippen molar-refractivity contribution in [3.63, 3.8) is 0 Å². The maximum Gasteiger partial charge on any atom is 0.269 e. The fourth-order valence-corrected chi connectivity index (χ4v) is 3.61. The first-order valence-electron chi connectivity index (χ1n) is 6.81. The molecule has 0 radical (unpaired) electrons. The number of hydrogen-bond acceptors (Lipinski definition) is 4. The number of nitro groups is 1. The number of benzene rings is 2. The minimum Gasteiger partial charge on any atom is -0.295 e. The molecule has 0 N–H and O–H groups in total. The standard InChI is InChI=1S/C16H14N2O3S/c1-11-5-7-13(8-6-11)17-15(19)10-22-16(17)12-3-2-4-14(9-12)18(20)21/h2-9,16H,10H2,1H3. The van der Waals surface area contributed by atoms with Crippen LogP contribution in [0.5, 0.6) is 0 Å². The molecule has 0 aromatic heterocycles. The number of nitrogens with zero attached hydrogens (tertiary/aromatic N) is 2. The smallest absolute Gasteiger partial charge is 0.269 e. The molecule has 0 aliphatic carbocycles. The Hall–Kier alpha value is -2.34. The van der Waals surface area contributed by atoms with Crippen LogP contribution in [0.15, 0.2) is 48.5 Å². The number of carbonyl (C=O) groups is 1. The highest BCUT2D eigenvalue weighted by Crippen LogP contribution is 2.42. The number of nitro benzene ring substituents is 1. The number of non-ortho nitro benzene ring substituents is 1. The third-order valence-electron chi connectivity index (χ3n) is 3.55. The predicted octanol–water partition coefficient (Wildman–Crippen LogP) is 3.68. The second-order valence-electron chi connectivity index (χ2n) is 5.11. The van der Waals surface area contributed by atoms with Crippen molar-refractivity contribution in [3.05, 3.63) is 69.8 Å². The molecule has 0 saturated carbocycles. The maximum absolute atomic E-state index is 12.2. The molecular formula is C16H14N2O3S. The zero-order valence-corrected chi connectivity index (χ0v) is 12.7. The molecule has 112 valence electrons. The zero-order valence-electron chi connectivity index (χ0n) is 11.9. The molecule has 0 spiro atoms. The van der Waals surface area contributed by atoms with E-state index >= 15 is 0 Å². The Kier molecular flexibility index (Phi) is 3.85. The van der Waals surface area contributed by atoms with Crippen LogP contribution < -0.4 is 4.90 Å². The SMILES string of the molecule is Cc1ccc(N2C(=O)CSC2c2cccc([N+](=O)[O-])c2)cc1. The van der Waals surface area contributed by atoms with E-state index in [1.807, 2.05) is 37.3 Å². The van der Waals surface area contributed by atoms with Gasteiger partial charge >= 0.3 is 0 Å². The molecule has 22 heavy (non-hydrogen) atoms. The Labute approximate surface area is 132 Å². The summed E-state index contributed by atoms with van der Waals surface area (Å²) in [6.45, 7) is 1.99. The average molecular weight is 314 g/mol. The summed E-state index contributed by atoms with van der Waals surface area (Å²) in [6, 6.07) is 14.2. The number of rotatable bonds is 3. The quantitative estimate of drug-likeness (QED) is 0.640. The van der Waals surface area contributed by atoms with Gasteiger partial charge in [0.2, 0.25) is 5.91 Å². The molecule has 1 amide bonds. The summed E-state index contributed by atoms with van der Waals surface area (Å²) in [5.41, 5.74) is 2.75. The second kappa shape index (κ2) is 5.81. The molecule has 5 nitrogen and oxygen atoms in total. The third-order valence-corrected chi connectivity index (χ3v) is 4.76. The van der Waals surface area contributed by atoms with E-state index in [1.54, 1.807) is 11.0 Å². The van der Waals surface area contributed by atoms with Gasteiger partial charge in [0.1, 0.15) is 5.37 Å². The highest BCUT2D eigenvalue weighted by Gasteiger charge is 2.34. The van der Waals surface area contributed by atoms with E-state index in [-0.39, 0.29) is 17.0 Å². The van der Waals surface area contributed by atoms with E-state index in [1.165, 1.54) is 23.9 Å². The van der Waals surface area contributed by atoms with E-state index in [9.17, 15) is 14.9 Å². The lowest BCUT2D eigenvalue weighted by Gasteiger charge is -2.24. The predicted molar refractivity (Wildman–Crippen MR) is 87.0 cm³/mol. The largest absolute Gasteiger partial charge is 0.295 e. The molecule has 1 saturated heterocycles. The summed E-state index contributed by atoms with van der Waals surface area (Å²) < 4.78 is 0.